The van der Waals surface area contributed by atoms with E-state index in [2.05, 4.69) is 0 Å². The minimum Gasteiger partial charge on any atom is -0.393 e. The van der Waals surface area contributed by atoms with Crippen LogP contribution in [0.1, 0.15) is 33.1 Å². The van der Waals surface area contributed by atoms with Gasteiger partial charge in [0.05, 0.1) is 6.10 Å². The van der Waals surface area contributed by atoms with Gasteiger partial charge >= 0.3 is 6.03 Å². The van der Waals surface area contributed by atoms with Crippen LogP contribution in [0.25, 0.3) is 0 Å². The maximum Gasteiger partial charge on any atom is 0.319 e. The van der Waals surface area contributed by atoms with Crippen LogP contribution < -0.4 is 0 Å². The van der Waals surface area contributed by atoms with Gasteiger partial charge in [-0.15, -0.1) is 0 Å². The third-order valence-corrected chi connectivity index (χ3v) is 3.04. The highest BCUT2D eigenvalue weighted by molar-refractivity contribution is 5.74. The van der Waals surface area contributed by atoms with Gasteiger partial charge in [-0.1, -0.05) is 0 Å². The molecule has 1 fully saturated rings. The predicted octanol–water partition coefficient (Wildman–Crippen LogP) is 1.29. The molecular weight excluding hydrogens is 192 g/mol. The summed E-state index contributed by atoms with van der Waals surface area (Å²) in [6.45, 7) is 5.32. The summed E-state index contributed by atoms with van der Waals surface area (Å²) in [4.78, 5) is 15.6. The Kier molecular flexibility index (Phi) is 4.39. The molecule has 0 aromatic rings. The number of aliphatic hydroxyl groups excluding tert-OH is 1. The fourth-order valence-electron chi connectivity index (χ4n) is 2.08. The number of nitrogens with zero attached hydrogens (tertiary/aromatic N) is 2. The normalized spacial score (nSPS) is 22.9. The van der Waals surface area contributed by atoms with E-state index >= 15 is 0 Å². The topological polar surface area (TPSA) is 43.8 Å². The summed E-state index contributed by atoms with van der Waals surface area (Å²) in [7, 11) is 1.82. The molecule has 1 N–H and O–H groups in total. The molecule has 2 atom stereocenters. The predicted molar refractivity (Wildman–Crippen MR) is 59.7 cm³/mol. The largest absolute Gasteiger partial charge is 0.393 e. The molecule has 0 saturated carbocycles. The second kappa shape index (κ2) is 5.35. The van der Waals surface area contributed by atoms with Gasteiger partial charge in [0.25, 0.3) is 0 Å². The number of rotatable bonds is 3. The van der Waals surface area contributed by atoms with Gasteiger partial charge in [0.1, 0.15) is 0 Å². The molecule has 0 bridgehead atoms. The standard InChI is InChI=1S/C11H22N2O2/c1-4-12(3)11(15)13-7-5-6-10(13)8-9(2)14/h9-10,14H,4-8H2,1-3H3. The van der Waals surface area contributed by atoms with E-state index in [1.165, 1.54) is 0 Å². The molecule has 2 unspecified atom stereocenters. The molecule has 1 heterocycles. The summed E-state index contributed by atoms with van der Waals surface area (Å²) in [5, 5.41) is 9.36. The zero-order valence-electron chi connectivity index (χ0n) is 9.94. The summed E-state index contributed by atoms with van der Waals surface area (Å²) < 4.78 is 0. The Balaban J connectivity index is 2.55. The fraction of sp³-hybridized carbons (Fsp3) is 0.909. The highest BCUT2D eigenvalue weighted by atomic mass is 16.3. The van der Waals surface area contributed by atoms with E-state index in [9.17, 15) is 9.90 Å². The Labute approximate surface area is 91.9 Å². The first kappa shape index (κ1) is 12.3. The Morgan fingerprint density at radius 3 is 2.87 bits per heavy atom. The van der Waals surface area contributed by atoms with Crippen molar-refractivity contribution in [2.45, 2.75) is 45.3 Å². The third kappa shape index (κ3) is 3.09. The van der Waals surface area contributed by atoms with Gasteiger partial charge < -0.3 is 14.9 Å². The van der Waals surface area contributed by atoms with E-state index in [1.54, 1.807) is 11.8 Å². The van der Waals surface area contributed by atoms with E-state index < -0.39 is 0 Å². The first-order valence-corrected chi connectivity index (χ1v) is 5.76. The molecule has 4 nitrogen and oxygen atoms in total. The minimum atomic E-state index is -0.324. The van der Waals surface area contributed by atoms with Gasteiger partial charge in [-0.05, 0) is 33.1 Å². The molecule has 88 valence electrons. The van der Waals surface area contributed by atoms with Crippen LogP contribution in [0.15, 0.2) is 0 Å². The van der Waals surface area contributed by atoms with Crippen LogP contribution in [0.2, 0.25) is 0 Å². The highest BCUT2D eigenvalue weighted by Crippen LogP contribution is 2.22. The molecule has 0 aliphatic carbocycles. The number of aliphatic hydroxyl groups is 1. The van der Waals surface area contributed by atoms with Crippen LogP contribution in [0.3, 0.4) is 0 Å². The lowest BCUT2D eigenvalue weighted by Gasteiger charge is -2.29. The van der Waals surface area contributed by atoms with Crippen molar-refractivity contribution in [2.75, 3.05) is 20.1 Å². The number of carbonyl (C=O) groups excluding carboxylic acids is 1. The zero-order chi connectivity index (χ0) is 11.4. The number of likely N-dealkylation sites (tertiary alicyclic amines) is 1. The smallest absolute Gasteiger partial charge is 0.319 e. The van der Waals surface area contributed by atoms with E-state index in [-0.39, 0.29) is 18.2 Å². The summed E-state index contributed by atoms with van der Waals surface area (Å²) in [6, 6.07) is 0.326. The lowest BCUT2D eigenvalue weighted by atomic mass is 10.1. The molecule has 2 amide bonds. The van der Waals surface area contributed by atoms with Crippen LogP contribution in [-0.2, 0) is 0 Å². The maximum atomic E-state index is 11.9. The Morgan fingerprint density at radius 1 is 1.67 bits per heavy atom. The molecule has 4 heteroatoms. The first-order chi connectivity index (χ1) is 7.06. The van der Waals surface area contributed by atoms with Crippen LogP contribution in [0, 0.1) is 0 Å². The molecule has 0 spiro atoms. The van der Waals surface area contributed by atoms with Crippen molar-refractivity contribution in [3.8, 4) is 0 Å². The number of hydrogen-bond donors (Lipinski definition) is 1. The molecule has 1 rings (SSSR count). The second-order valence-electron chi connectivity index (χ2n) is 4.37. The third-order valence-electron chi connectivity index (χ3n) is 3.04. The van der Waals surface area contributed by atoms with E-state index in [1.807, 2.05) is 18.9 Å². The molecule has 0 aromatic carbocycles. The lowest BCUT2D eigenvalue weighted by molar-refractivity contribution is 0.125. The van der Waals surface area contributed by atoms with Crippen LogP contribution >= 0.6 is 0 Å². The van der Waals surface area contributed by atoms with Crippen molar-refractivity contribution in [1.29, 1.82) is 0 Å². The van der Waals surface area contributed by atoms with Crippen molar-refractivity contribution in [3.63, 3.8) is 0 Å². The van der Waals surface area contributed by atoms with Crippen molar-refractivity contribution in [2.24, 2.45) is 0 Å². The molecular formula is C11H22N2O2. The van der Waals surface area contributed by atoms with Gasteiger partial charge in [-0.25, -0.2) is 4.79 Å². The number of urea groups is 1. The summed E-state index contributed by atoms with van der Waals surface area (Å²) in [6.07, 6.45) is 2.45. The summed E-state index contributed by atoms with van der Waals surface area (Å²) >= 11 is 0. The van der Waals surface area contributed by atoms with Crippen molar-refractivity contribution in [1.82, 2.24) is 9.80 Å². The van der Waals surface area contributed by atoms with Gasteiger partial charge in [-0.3, -0.25) is 0 Å². The molecule has 1 aliphatic rings. The van der Waals surface area contributed by atoms with Crippen LogP contribution in [0.4, 0.5) is 4.79 Å². The molecule has 1 saturated heterocycles. The van der Waals surface area contributed by atoms with E-state index in [4.69, 9.17) is 0 Å². The number of hydrogen-bond acceptors (Lipinski definition) is 2. The average Bonchev–Trinajstić information content (AvgIpc) is 2.62. The van der Waals surface area contributed by atoms with Crippen LogP contribution in [0.5, 0.6) is 0 Å². The van der Waals surface area contributed by atoms with Crippen LogP contribution in [-0.4, -0.2) is 53.2 Å². The summed E-state index contributed by atoms with van der Waals surface area (Å²) in [5.41, 5.74) is 0. The van der Waals surface area contributed by atoms with Crippen molar-refractivity contribution < 1.29 is 9.90 Å². The van der Waals surface area contributed by atoms with Gasteiger partial charge in [-0.2, -0.15) is 0 Å². The fourth-order valence-corrected chi connectivity index (χ4v) is 2.08. The van der Waals surface area contributed by atoms with E-state index in [0.717, 1.165) is 25.9 Å². The van der Waals surface area contributed by atoms with Crippen molar-refractivity contribution in [3.05, 3.63) is 0 Å². The van der Waals surface area contributed by atoms with Gasteiger partial charge in [0, 0.05) is 26.2 Å². The Morgan fingerprint density at radius 2 is 2.33 bits per heavy atom. The molecule has 0 radical (unpaired) electrons. The number of carbonyl (C=O) groups is 1. The summed E-state index contributed by atoms with van der Waals surface area (Å²) in [5.74, 6) is 0. The SMILES string of the molecule is CCN(C)C(=O)N1CCCC1CC(C)O. The molecule has 15 heavy (non-hydrogen) atoms. The van der Waals surface area contributed by atoms with Crippen molar-refractivity contribution >= 4 is 6.03 Å². The minimum absolute atomic E-state index is 0.0978. The Hall–Kier alpha value is -0.770. The quantitative estimate of drug-likeness (QED) is 0.769. The first-order valence-electron chi connectivity index (χ1n) is 5.76. The number of amides is 2. The van der Waals surface area contributed by atoms with Gasteiger partial charge in [0.15, 0.2) is 0 Å². The Bertz CT molecular complexity index is 219. The second-order valence-corrected chi connectivity index (χ2v) is 4.37. The van der Waals surface area contributed by atoms with Gasteiger partial charge in [0.2, 0.25) is 0 Å². The maximum absolute atomic E-state index is 11.9. The highest BCUT2D eigenvalue weighted by Gasteiger charge is 2.30. The lowest BCUT2D eigenvalue weighted by Crippen LogP contribution is -2.44. The molecule has 0 aromatic heterocycles. The average molecular weight is 214 g/mol. The zero-order valence-corrected chi connectivity index (χ0v) is 9.94. The molecule has 1 aliphatic heterocycles. The van der Waals surface area contributed by atoms with E-state index in [0.29, 0.717) is 6.42 Å². The monoisotopic (exact) mass is 214 g/mol.